The SMILES string of the molecule is CCCON=Cc1ccc(OC(C)(C)C(O)(Cn2cncn2)c2ccc(Cl)cc2)cc1. The number of rotatable bonds is 10. The van der Waals surface area contributed by atoms with Gasteiger partial charge >= 0.3 is 0 Å². The zero-order valence-corrected chi connectivity index (χ0v) is 18.7. The standard InChI is InChI=1S/C23H27ClN4O3/c1-4-13-30-27-14-18-5-11-21(12-6-18)31-22(2,3)23(29,15-28-17-25-16-26-28)19-7-9-20(24)10-8-19/h5-12,14,16-17,29H,4,13,15H2,1-3H3. The van der Waals surface area contributed by atoms with Crippen molar-refractivity contribution < 1.29 is 14.7 Å². The third-order valence-corrected chi connectivity index (χ3v) is 5.25. The summed E-state index contributed by atoms with van der Waals surface area (Å²) in [5.41, 5.74) is -0.891. The van der Waals surface area contributed by atoms with Crippen LogP contribution in [0.5, 0.6) is 5.75 Å². The summed E-state index contributed by atoms with van der Waals surface area (Å²) in [6.45, 7) is 6.44. The fourth-order valence-corrected chi connectivity index (χ4v) is 3.27. The first kappa shape index (κ1) is 22.8. The summed E-state index contributed by atoms with van der Waals surface area (Å²) in [5, 5.41) is 20.5. The molecule has 0 aliphatic carbocycles. The quantitative estimate of drug-likeness (QED) is 0.285. The van der Waals surface area contributed by atoms with Crippen LogP contribution in [0.15, 0.2) is 66.3 Å². The molecule has 0 aliphatic heterocycles. The number of ether oxygens (including phenoxy) is 1. The molecule has 0 saturated heterocycles. The van der Waals surface area contributed by atoms with Gasteiger partial charge in [-0.05, 0) is 67.8 Å². The second-order valence-corrected chi connectivity index (χ2v) is 8.15. The van der Waals surface area contributed by atoms with Crippen LogP contribution >= 0.6 is 11.6 Å². The molecule has 1 unspecified atom stereocenters. The van der Waals surface area contributed by atoms with Crippen LogP contribution in [-0.4, -0.2) is 38.3 Å². The summed E-state index contributed by atoms with van der Waals surface area (Å²) in [4.78, 5) is 9.11. The van der Waals surface area contributed by atoms with Crippen LogP contribution in [0.4, 0.5) is 0 Å². The first-order chi connectivity index (χ1) is 14.8. The second kappa shape index (κ2) is 9.94. The second-order valence-electron chi connectivity index (χ2n) is 7.71. The van der Waals surface area contributed by atoms with Gasteiger partial charge in [0.25, 0.3) is 0 Å². The highest BCUT2D eigenvalue weighted by Gasteiger charge is 2.48. The minimum Gasteiger partial charge on any atom is -0.484 e. The van der Waals surface area contributed by atoms with Crippen molar-refractivity contribution in [3.8, 4) is 5.75 Å². The summed E-state index contributed by atoms with van der Waals surface area (Å²) in [6, 6.07) is 14.5. The topological polar surface area (TPSA) is 81.8 Å². The van der Waals surface area contributed by atoms with Crippen LogP contribution in [-0.2, 0) is 17.0 Å². The van der Waals surface area contributed by atoms with Crippen molar-refractivity contribution in [2.45, 2.75) is 44.9 Å². The molecule has 2 aromatic carbocycles. The van der Waals surface area contributed by atoms with Gasteiger partial charge in [0.15, 0.2) is 0 Å². The maximum Gasteiger partial charge on any atom is 0.148 e. The lowest BCUT2D eigenvalue weighted by atomic mass is 9.79. The molecule has 3 aromatic rings. The predicted molar refractivity (Wildman–Crippen MR) is 120 cm³/mol. The normalized spacial score (nSPS) is 13.8. The lowest BCUT2D eigenvalue weighted by Crippen LogP contribution is -2.54. The van der Waals surface area contributed by atoms with Gasteiger partial charge in [-0.15, -0.1) is 0 Å². The van der Waals surface area contributed by atoms with E-state index in [0.717, 1.165) is 12.0 Å². The molecule has 0 radical (unpaired) electrons. The summed E-state index contributed by atoms with van der Waals surface area (Å²) < 4.78 is 7.86. The monoisotopic (exact) mass is 442 g/mol. The summed E-state index contributed by atoms with van der Waals surface area (Å²) in [7, 11) is 0. The Morgan fingerprint density at radius 2 is 1.84 bits per heavy atom. The average Bonchev–Trinajstić information content (AvgIpc) is 3.25. The Hall–Kier alpha value is -2.90. The predicted octanol–water partition coefficient (Wildman–Crippen LogP) is 4.44. The van der Waals surface area contributed by atoms with Crippen molar-refractivity contribution in [1.29, 1.82) is 0 Å². The van der Waals surface area contributed by atoms with E-state index >= 15 is 0 Å². The van der Waals surface area contributed by atoms with Crippen molar-refractivity contribution in [2.24, 2.45) is 5.16 Å². The van der Waals surface area contributed by atoms with Crippen molar-refractivity contribution in [3.63, 3.8) is 0 Å². The van der Waals surface area contributed by atoms with E-state index in [1.165, 1.54) is 6.33 Å². The molecule has 31 heavy (non-hydrogen) atoms. The first-order valence-electron chi connectivity index (χ1n) is 10.1. The van der Waals surface area contributed by atoms with E-state index in [-0.39, 0.29) is 6.54 Å². The van der Waals surface area contributed by atoms with Gasteiger partial charge in [0, 0.05) is 5.02 Å². The molecule has 1 aromatic heterocycles. The highest BCUT2D eigenvalue weighted by molar-refractivity contribution is 6.30. The average molecular weight is 443 g/mol. The first-order valence-corrected chi connectivity index (χ1v) is 10.5. The highest BCUT2D eigenvalue weighted by Crippen LogP contribution is 2.38. The molecule has 3 rings (SSSR count). The number of halogens is 1. The minimum atomic E-state index is -1.42. The Morgan fingerprint density at radius 3 is 2.45 bits per heavy atom. The molecule has 0 spiro atoms. The zero-order valence-electron chi connectivity index (χ0n) is 17.9. The highest BCUT2D eigenvalue weighted by atomic mass is 35.5. The molecule has 0 saturated carbocycles. The molecule has 0 fully saturated rings. The molecule has 8 heteroatoms. The Labute approximate surface area is 187 Å². The molecular weight excluding hydrogens is 416 g/mol. The van der Waals surface area contributed by atoms with E-state index in [4.69, 9.17) is 21.2 Å². The molecule has 1 N–H and O–H groups in total. The van der Waals surface area contributed by atoms with Crippen LogP contribution < -0.4 is 4.74 Å². The van der Waals surface area contributed by atoms with Crippen LogP contribution in [0.25, 0.3) is 0 Å². The van der Waals surface area contributed by atoms with Crippen molar-refractivity contribution in [1.82, 2.24) is 14.8 Å². The van der Waals surface area contributed by atoms with Gasteiger partial charge in [-0.3, -0.25) is 0 Å². The van der Waals surface area contributed by atoms with Crippen molar-refractivity contribution in [3.05, 3.63) is 77.3 Å². The van der Waals surface area contributed by atoms with E-state index in [1.54, 1.807) is 41.5 Å². The molecule has 164 valence electrons. The fourth-order valence-electron chi connectivity index (χ4n) is 3.15. The number of aromatic nitrogens is 3. The van der Waals surface area contributed by atoms with E-state index in [1.807, 2.05) is 45.0 Å². The van der Waals surface area contributed by atoms with Gasteiger partial charge < -0.3 is 14.7 Å². The number of hydrogen-bond donors (Lipinski definition) is 1. The molecule has 0 bridgehead atoms. The fraction of sp³-hybridized carbons (Fsp3) is 0.348. The van der Waals surface area contributed by atoms with Gasteiger partial charge in [-0.25, -0.2) is 9.67 Å². The van der Waals surface area contributed by atoms with E-state index in [2.05, 4.69) is 15.2 Å². The molecule has 0 amide bonds. The van der Waals surface area contributed by atoms with Crippen molar-refractivity contribution >= 4 is 17.8 Å². The number of oxime groups is 1. The number of benzene rings is 2. The third kappa shape index (κ3) is 5.62. The van der Waals surface area contributed by atoms with E-state index in [9.17, 15) is 5.11 Å². The van der Waals surface area contributed by atoms with Crippen LogP contribution in [0.1, 0.15) is 38.3 Å². The zero-order chi connectivity index (χ0) is 22.3. The number of aliphatic hydroxyl groups is 1. The van der Waals surface area contributed by atoms with E-state index in [0.29, 0.717) is 22.9 Å². The van der Waals surface area contributed by atoms with Gasteiger partial charge in [-0.2, -0.15) is 5.10 Å². The maximum atomic E-state index is 11.9. The Kier molecular flexibility index (Phi) is 7.30. The molecule has 1 heterocycles. The lowest BCUT2D eigenvalue weighted by molar-refractivity contribution is -0.133. The largest absolute Gasteiger partial charge is 0.484 e. The summed E-state index contributed by atoms with van der Waals surface area (Å²) in [5.74, 6) is 0.614. The number of nitrogens with zero attached hydrogens (tertiary/aromatic N) is 4. The lowest BCUT2D eigenvalue weighted by Gasteiger charge is -2.42. The molecule has 7 nitrogen and oxygen atoms in total. The van der Waals surface area contributed by atoms with Gasteiger partial charge in [0.2, 0.25) is 0 Å². The van der Waals surface area contributed by atoms with Gasteiger partial charge in [-0.1, -0.05) is 35.8 Å². The summed E-state index contributed by atoms with van der Waals surface area (Å²) >= 11 is 6.06. The van der Waals surface area contributed by atoms with Gasteiger partial charge in [0.05, 0.1) is 12.8 Å². The van der Waals surface area contributed by atoms with Crippen molar-refractivity contribution in [2.75, 3.05) is 6.61 Å². The van der Waals surface area contributed by atoms with Crippen LogP contribution in [0, 0.1) is 0 Å². The van der Waals surface area contributed by atoms with Crippen LogP contribution in [0.2, 0.25) is 5.02 Å². The smallest absolute Gasteiger partial charge is 0.148 e. The molecule has 1 atom stereocenters. The molecule has 0 aliphatic rings. The van der Waals surface area contributed by atoms with E-state index < -0.39 is 11.2 Å². The minimum absolute atomic E-state index is 0.154. The number of hydrogen-bond acceptors (Lipinski definition) is 6. The van der Waals surface area contributed by atoms with Crippen LogP contribution in [0.3, 0.4) is 0 Å². The Balaban J connectivity index is 1.84. The van der Waals surface area contributed by atoms with Gasteiger partial charge in [0.1, 0.15) is 36.2 Å². The maximum absolute atomic E-state index is 11.9. The third-order valence-electron chi connectivity index (χ3n) is 5.00. The summed E-state index contributed by atoms with van der Waals surface area (Å²) in [6.07, 6.45) is 5.55. The molecular formula is C23H27ClN4O3. The Morgan fingerprint density at radius 1 is 1.13 bits per heavy atom. The Bertz CT molecular complexity index is 973.